The molecule has 19 heavy (non-hydrogen) atoms. The smallest absolute Gasteiger partial charge is 0.220 e. The van der Waals surface area contributed by atoms with Gasteiger partial charge < -0.3 is 15.5 Å². The van der Waals surface area contributed by atoms with Crippen LogP contribution in [0.4, 0.5) is 0 Å². The summed E-state index contributed by atoms with van der Waals surface area (Å²) in [5.41, 5.74) is 0. The van der Waals surface area contributed by atoms with Crippen molar-refractivity contribution in [2.75, 3.05) is 39.3 Å². The second-order valence-corrected chi connectivity index (χ2v) is 6.02. The second-order valence-electron chi connectivity index (χ2n) is 6.02. The molecule has 0 aliphatic carbocycles. The molecular formula is C15H29N3O. The molecule has 0 saturated carbocycles. The fraction of sp³-hybridized carbons (Fsp3) is 0.933. The van der Waals surface area contributed by atoms with E-state index in [-0.39, 0.29) is 5.91 Å². The molecule has 0 spiro atoms. The summed E-state index contributed by atoms with van der Waals surface area (Å²) in [5.74, 6) is 0.787. The monoisotopic (exact) mass is 267 g/mol. The van der Waals surface area contributed by atoms with Crippen molar-refractivity contribution in [1.29, 1.82) is 0 Å². The van der Waals surface area contributed by atoms with E-state index in [1.807, 2.05) is 0 Å². The van der Waals surface area contributed by atoms with Gasteiger partial charge in [-0.1, -0.05) is 12.8 Å². The molecule has 0 aromatic carbocycles. The van der Waals surface area contributed by atoms with Crippen molar-refractivity contribution in [2.24, 2.45) is 5.92 Å². The van der Waals surface area contributed by atoms with E-state index in [0.717, 1.165) is 26.2 Å². The molecule has 110 valence electrons. The first kappa shape index (κ1) is 14.8. The molecule has 0 aromatic heterocycles. The Bertz CT molecular complexity index is 256. The summed E-state index contributed by atoms with van der Waals surface area (Å²) < 4.78 is 0. The van der Waals surface area contributed by atoms with Crippen LogP contribution in [0.5, 0.6) is 0 Å². The lowest BCUT2D eigenvalue weighted by molar-refractivity contribution is -0.122. The highest BCUT2D eigenvalue weighted by atomic mass is 16.1. The zero-order chi connectivity index (χ0) is 13.3. The van der Waals surface area contributed by atoms with Gasteiger partial charge in [0.1, 0.15) is 0 Å². The van der Waals surface area contributed by atoms with Crippen molar-refractivity contribution in [3.63, 3.8) is 0 Å². The van der Waals surface area contributed by atoms with E-state index in [9.17, 15) is 4.79 Å². The minimum Gasteiger partial charge on any atom is -0.355 e. The van der Waals surface area contributed by atoms with Gasteiger partial charge in [0, 0.05) is 19.5 Å². The molecule has 2 heterocycles. The summed E-state index contributed by atoms with van der Waals surface area (Å²) >= 11 is 0. The Morgan fingerprint density at radius 2 is 1.95 bits per heavy atom. The van der Waals surface area contributed by atoms with Crippen LogP contribution < -0.4 is 10.6 Å². The number of nitrogens with zero attached hydrogens (tertiary/aromatic N) is 1. The molecule has 1 unspecified atom stereocenters. The minimum absolute atomic E-state index is 0.239. The molecule has 2 aliphatic rings. The summed E-state index contributed by atoms with van der Waals surface area (Å²) in [6.07, 6.45) is 8.50. The number of hydrogen-bond donors (Lipinski definition) is 2. The molecule has 2 N–H and O–H groups in total. The molecule has 2 fully saturated rings. The highest BCUT2D eigenvalue weighted by Crippen LogP contribution is 2.13. The van der Waals surface area contributed by atoms with Crippen LogP contribution in [0.2, 0.25) is 0 Å². The Kier molecular flexibility index (Phi) is 6.65. The minimum atomic E-state index is 0.239. The van der Waals surface area contributed by atoms with Crippen molar-refractivity contribution in [1.82, 2.24) is 15.5 Å². The zero-order valence-corrected chi connectivity index (χ0v) is 12.1. The Hall–Kier alpha value is -0.610. The van der Waals surface area contributed by atoms with Gasteiger partial charge in [-0.2, -0.15) is 0 Å². The quantitative estimate of drug-likeness (QED) is 0.791. The first-order chi connectivity index (χ1) is 9.34. The maximum Gasteiger partial charge on any atom is 0.220 e. The Balaban J connectivity index is 1.55. The molecule has 4 nitrogen and oxygen atoms in total. The lowest BCUT2D eigenvalue weighted by Crippen LogP contribution is -2.38. The van der Waals surface area contributed by atoms with E-state index in [1.54, 1.807) is 0 Å². The molecule has 2 rings (SSSR count). The Labute approximate surface area is 117 Å². The predicted molar refractivity (Wildman–Crippen MR) is 78.1 cm³/mol. The van der Waals surface area contributed by atoms with E-state index in [2.05, 4.69) is 15.5 Å². The third-order valence-electron chi connectivity index (χ3n) is 4.32. The van der Waals surface area contributed by atoms with Crippen LogP contribution in [0.3, 0.4) is 0 Å². The van der Waals surface area contributed by atoms with Crippen LogP contribution in [0.15, 0.2) is 0 Å². The van der Waals surface area contributed by atoms with Crippen molar-refractivity contribution in [3.05, 3.63) is 0 Å². The van der Waals surface area contributed by atoms with Gasteiger partial charge in [0.05, 0.1) is 0 Å². The molecule has 2 saturated heterocycles. The van der Waals surface area contributed by atoms with Crippen LogP contribution in [0.1, 0.15) is 44.9 Å². The average molecular weight is 267 g/mol. The number of carbonyl (C=O) groups excluding carboxylic acids is 1. The normalized spacial score (nSPS) is 25.8. The maximum absolute atomic E-state index is 11.9. The van der Waals surface area contributed by atoms with Crippen LogP contribution in [0.25, 0.3) is 0 Å². The molecule has 4 heteroatoms. The maximum atomic E-state index is 11.9. The summed E-state index contributed by atoms with van der Waals surface area (Å²) in [4.78, 5) is 14.4. The predicted octanol–water partition coefficient (Wildman–Crippen LogP) is 1.37. The van der Waals surface area contributed by atoms with Crippen molar-refractivity contribution < 1.29 is 4.79 Å². The van der Waals surface area contributed by atoms with Gasteiger partial charge in [0.15, 0.2) is 0 Å². The number of hydrogen-bond acceptors (Lipinski definition) is 3. The lowest BCUT2D eigenvalue weighted by Gasteiger charge is -2.23. The lowest BCUT2D eigenvalue weighted by atomic mass is 9.96. The van der Waals surface area contributed by atoms with Crippen LogP contribution in [-0.4, -0.2) is 50.1 Å². The van der Waals surface area contributed by atoms with Crippen LogP contribution >= 0.6 is 0 Å². The van der Waals surface area contributed by atoms with Crippen molar-refractivity contribution in [2.45, 2.75) is 44.9 Å². The average Bonchev–Trinajstić information content (AvgIpc) is 2.68. The number of likely N-dealkylation sites (tertiary alicyclic amines) is 1. The highest BCUT2D eigenvalue weighted by Gasteiger charge is 2.16. The number of rotatable bonds is 5. The molecule has 0 aromatic rings. The largest absolute Gasteiger partial charge is 0.355 e. The van der Waals surface area contributed by atoms with Gasteiger partial charge in [0.2, 0.25) is 5.91 Å². The van der Waals surface area contributed by atoms with Gasteiger partial charge in [-0.15, -0.1) is 0 Å². The summed E-state index contributed by atoms with van der Waals surface area (Å²) in [6.45, 7) is 6.39. The first-order valence-electron chi connectivity index (χ1n) is 8.04. The van der Waals surface area contributed by atoms with E-state index >= 15 is 0 Å². The Morgan fingerprint density at radius 3 is 2.63 bits per heavy atom. The third-order valence-corrected chi connectivity index (χ3v) is 4.32. The van der Waals surface area contributed by atoms with E-state index < -0.39 is 0 Å². The van der Waals surface area contributed by atoms with Gasteiger partial charge in [0.25, 0.3) is 0 Å². The topological polar surface area (TPSA) is 44.4 Å². The highest BCUT2D eigenvalue weighted by molar-refractivity contribution is 5.76. The van der Waals surface area contributed by atoms with Crippen molar-refractivity contribution in [3.8, 4) is 0 Å². The molecule has 1 amide bonds. The number of piperidine rings is 1. The fourth-order valence-corrected chi connectivity index (χ4v) is 3.15. The molecule has 2 aliphatic heterocycles. The van der Waals surface area contributed by atoms with Gasteiger partial charge in [-0.05, 0) is 57.8 Å². The Morgan fingerprint density at radius 1 is 1.16 bits per heavy atom. The molecule has 1 atom stereocenters. The molecular weight excluding hydrogens is 238 g/mol. The standard InChI is InChI=1S/C15H29N3O/c19-15(12-14-6-5-7-16-13-14)17-8-11-18-9-3-1-2-4-10-18/h14,16H,1-13H2,(H,17,19). The number of nitrogens with one attached hydrogen (secondary N) is 2. The van der Waals surface area contributed by atoms with Gasteiger partial charge >= 0.3 is 0 Å². The van der Waals surface area contributed by atoms with Crippen molar-refractivity contribution >= 4 is 5.91 Å². The van der Waals surface area contributed by atoms with E-state index in [4.69, 9.17) is 0 Å². The summed E-state index contributed by atoms with van der Waals surface area (Å²) in [6, 6.07) is 0. The first-order valence-corrected chi connectivity index (χ1v) is 8.04. The third kappa shape index (κ3) is 5.91. The van der Waals surface area contributed by atoms with Crippen LogP contribution in [-0.2, 0) is 4.79 Å². The molecule has 0 radical (unpaired) electrons. The number of amides is 1. The van der Waals surface area contributed by atoms with E-state index in [0.29, 0.717) is 12.3 Å². The van der Waals surface area contributed by atoms with Gasteiger partial charge in [-0.25, -0.2) is 0 Å². The second kappa shape index (κ2) is 8.54. The number of carbonyl (C=O) groups is 1. The van der Waals surface area contributed by atoms with E-state index in [1.165, 1.54) is 51.6 Å². The zero-order valence-electron chi connectivity index (χ0n) is 12.1. The molecule has 0 bridgehead atoms. The van der Waals surface area contributed by atoms with Crippen LogP contribution in [0, 0.1) is 5.92 Å². The fourth-order valence-electron chi connectivity index (χ4n) is 3.15. The summed E-state index contributed by atoms with van der Waals surface area (Å²) in [5, 5.41) is 6.46. The SMILES string of the molecule is O=C(CC1CCCNC1)NCCN1CCCCCC1. The van der Waals surface area contributed by atoms with Gasteiger partial charge in [-0.3, -0.25) is 4.79 Å². The summed E-state index contributed by atoms with van der Waals surface area (Å²) in [7, 11) is 0.